The monoisotopic (exact) mass is 385 g/mol. The van der Waals surface area contributed by atoms with Crippen LogP contribution in [0.4, 0.5) is 5.95 Å². The zero-order valence-corrected chi connectivity index (χ0v) is 17.7. The maximum Gasteiger partial charge on any atom is 0.229 e. The molecular weight excluding hydrogens is 350 g/mol. The van der Waals surface area contributed by atoms with Crippen LogP contribution in [0.1, 0.15) is 46.5 Å². The Bertz CT molecular complexity index is 685. The lowest BCUT2D eigenvalue weighted by molar-refractivity contribution is -0.155. The van der Waals surface area contributed by atoms with Crippen molar-refractivity contribution in [3.05, 3.63) is 18.5 Å². The van der Waals surface area contributed by atoms with Gasteiger partial charge in [0.05, 0.1) is 5.41 Å². The highest BCUT2D eigenvalue weighted by Gasteiger charge is 2.60. The lowest BCUT2D eigenvalue weighted by atomic mass is 9.62. The first-order chi connectivity index (χ1) is 13.4. The molecular formula is C22H35N5O. The van der Waals surface area contributed by atoms with Crippen molar-refractivity contribution in [2.45, 2.75) is 46.5 Å². The van der Waals surface area contributed by atoms with Crippen LogP contribution in [0.2, 0.25) is 0 Å². The second kappa shape index (κ2) is 7.62. The number of likely N-dealkylation sites (tertiary alicyclic amines) is 1. The van der Waals surface area contributed by atoms with E-state index in [-0.39, 0.29) is 10.8 Å². The van der Waals surface area contributed by atoms with Gasteiger partial charge in [0.25, 0.3) is 0 Å². The van der Waals surface area contributed by atoms with Crippen molar-refractivity contribution in [1.29, 1.82) is 0 Å². The van der Waals surface area contributed by atoms with E-state index in [9.17, 15) is 4.79 Å². The van der Waals surface area contributed by atoms with Gasteiger partial charge in [-0.25, -0.2) is 9.97 Å². The largest absolute Gasteiger partial charge is 0.342 e. The van der Waals surface area contributed by atoms with Gasteiger partial charge in [-0.3, -0.25) is 9.69 Å². The minimum atomic E-state index is -0.147. The first kappa shape index (κ1) is 19.6. The molecule has 2 aliphatic heterocycles. The number of fused-ring (bicyclic) bond motifs is 2. The average Bonchev–Trinajstić information content (AvgIpc) is 2.85. The molecule has 1 aliphatic carbocycles. The molecule has 3 fully saturated rings. The fourth-order valence-corrected chi connectivity index (χ4v) is 5.45. The minimum Gasteiger partial charge on any atom is -0.342 e. The van der Waals surface area contributed by atoms with E-state index in [1.54, 1.807) is 0 Å². The normalized spacial score (nSPS) is 30.1. The third-order valence-corrected chi connectivity index (χ3v) is 8.00. The number of unbranched alkanes of at least 4 members (excludes halogenated alkanes) is 1. The second-order valence-electron chi connectivity index (χ2n) is 9.63. The van der Waals surface area contributed by atoms with Gasteiger partial charge >= 0.3 is 0 Å². The van der Waals surface area contributed by atoms with Gasteiger partial charge in [0, 0.05) is 51.7 Å². The number of aromatic nitrogens is 2. The molecule has 3 heterocycles. The van der Waals surface area contributed by atoms with Crippen molar-refractivity contribution in [2.24, 2.45) is 16.7 Å². The molecule has 2 bridgehead atoms. The molecule has 0 N–H and O–H groups in total. The average molecular weight is 386 g/mol. The van der Waals surface area contributed by atoms with E-state index in [2.05, 4.69) is 45.4 Å². The Morgan fingerprint density at radius 1 is 1.04 bits per heavy atom. The molecule has 2 saturated heterocycles. The zero-order valence-electron chi connectivity index (χ0n) is 17.7. The van der Waals surface area contributed by atoms with Crippen molar-refractivity contribution in [2.75, 3.05) is 50.7 Å². The summed E-state index contributed by atoms with van der Waals surface area (Å²) in [6.45, 7) is 13.9. The van der Waals surface area contributed by atoms with E-state index >= 15 is 0 Å². The maximum absolute atomic E-state index is 13.1. The number of nitrogens with zero attached hydrogens (tertiary/aromatic N) is 5. The highest BCUT2D eigenvalue weighted by Crippen LogP contribution is 2.59. The predicted octanol–water partition coefficient (Wildman–Crippen LogP) is 2.66. The zero-order chi connectivity index (χ0) is 19.8. The third kappa shape index (κ3) is 3.40. The number of hydrogen-bond donors (Lipinski definition) is 0. The fraction of sp³-hybridized carbons (Fsp3) is 0.773. The molecule has 1 amide bonds. The van der Waals surface area contributed by atoms with Gasteiger partial charge in [0.2, 0.25) is 11.9 Å². The van der Waals surface area contributed by atoms with Gasteiger partial charge in [0.15, 0.2) is 0 Å². The Morgan fingerprint density at radius 2 is 1.71 bits per heavy atom. The SMILES string of the molecule is CC1(C)C2CC[C@@]1(C)C(=O)N(CCCCN1CCN(c3ncccn3)CC1)C2. The summed E-state index contributed by atoms with van der Waals surface area (Å²) in [7, 11) is 0. The lowest BCUT2D eigenvalue weighted by Crippen LogP contribution is -2.56. The summed E-state index contributed by atoms with van der Waals surface area (Å²) < 4.78 is 0. The van der Waals surface area contributed by atoms with Gasteiger partial charge in [0.1, 0.15) is 0 Å². The fourth-order valence-electron chi connectivity index (χ4n) is 5.45. The summed E-state index contributed by atoms with van der Waals surface area (Å²) in [6, 6.07) is 1.86. The first-order valence-corrected chi connectivity index (χ1v) is 11.0. The van der Waals surface area contributed by atoms with Gasteiger partial charge in [-0.05, 0) is 49.6 Å². The van der Waals surface area contributed by atoms with Gasteiger partial charge in [-0.1, -0.05) is 20.8 Å². The Balaban J connectivity index is 1.19. The highest BCUT2D eigenvalue weighted by molar-refractivity contribution is 5.85. The molecule has 154 valence electrons. The molecule has 0 radical (unpaired) electrons. The molecule has 1 saturated carbocycles. The van der Waals surface area contributed by atoms with Crippen LogP contribution in [0.3, 0.4) is 0 Å². The van der Waals surface area contributed by atoms with Gasteiger partial charge in [-0.2, -0.15) is 0 Å². The van der Waals surface area contributed by atoms with E-state index < -0.39 is 0 Å². The van der Waals surface area contributed by atoms with Crippen LogP contribution >= 0.6 is 0 Å². The van der Waals surface area contributed by atoms with Crippen molar-refractivity contribution in [3.8, 4) is 0 Å². The van der Waals surface area contributed by atoms with Crippen LogP contribution in [0.25, 0.3) is 0 Å². The Hall–Kier alpha value is -1.69. The second-order valence-corrected chi connectivity index (χ2v) is 9.63. The molecule has 1 unspecified atom stereocenters. The molecule has 0 aromatic carbocycles. The number of anilines is 1. The number of hydrogen-bond acceptors (Lipinski definition) is 5. The predicted molar refractivity (Wildman–Crippen MR) is 111 cm³/mol. The van der Waals surface area contributed by atoms with E-state index in [1.165, 1.54) is 6.42 Å². The minimum absolute atomic E-state index is 0.147. The summed E-state index contributed by atoms with van der Waals surface area (Å²) in [5.41, 5.74) is 0.00841. The van der Waals surface area contributed by atoms with Crippen LogP contribution < -0.4 is 4.90 Å². The molecule has 6 nitrogen and oxygen atoms in total. The van der Waals surface area contributed by atoms with E-state index in [4.69, 9.17) is 0 Å². The van der Waals surface area contributed by atoms with Crippen LogP contribution in [0, 0.1) is 16.7 Å². The van der Waals surface area contributed by atoms with Crippen LogP contribution in [0.5, 0.6) is 0 Å². The number of rotatable bonds is 6. The molecule has 3 aliphatic rings. The van der Waals surface area contributed by atoms with E-state index in [1.807, 2.05) is 18.5 Å². The quantitative estimate of drug-likeness (QED) is 0.705. The standard InChI is InChI=1S/C22H35N5O/c1-21(2)18-7-8-22(21,3)19(28)27(17-18)12-5-4-11-25-13-15-26(16-14-25)20-23-9-6-10-24-20/h6,9-10,18H,4-5,7-8,11-17H2,1-3H3/t18?,22-/m0/s1. The number of piperazine rings is 1. The van der Waals surface area contributed by atoms with Crippen LogP contribution in [-0.2, 0) is 4.79 Å². The van der Waals surface area contributed by atoms with Crippen LogP contribution in [-0.4, -0.2) is 71.5 Å². The van der Waals surface area contributed by atoms with Crippen molar-refractivity contribution in [3.63, 3.8) is 0 Å². The highest BCUT2D eigenvalue weighted by atomic mass is 16.2. The maximum atomic E-state index is 13.1. The van der Waals surface area contributed by atoms with Gasteiger partial charge < -0.3 is 9.80 Å². The smallest absolute Gasteiger partial charge is 0.229 e. The summed E-state index contributed by atoms with van der Waals surface area (Å²) in [5.74, 6) is 1.92. The van der Waals surface area contributed by atoms with Crippen molar-refractivity contribution in [1.82, 2.24) is 19.8 Å². The number of carbonyl (C=O) groups excluding carboxylic acids is 1. The number of piperidine rings is 1. The lowest BCUT2D eigenvalue weighted by Gasteiger charge is -2.49. The molecule has 0 spiro atoms. The summed E-state index contributed by atoms with van der Waals surface area (Å²) in [5, 5.41) is 0. The number of amides is 1. The molecule has 1 aromatic rings. The van der Waals surface area contributed by atoms with Crippen molar-refractivity contribution >= 4 is 11.9 Å². The third-order valence-electron chi connectivity index (χ3n) is 8.00. The topological polar surface area (TPSA) is 52.6 Å². The Labute approximate surface area is 169 Å². The molecule has 28 heavy (non-hydrogen) atoms. The van der Waals surface area contributed by atoms with E-state index in [0.717, 1.165) is 71.0 Å². The first-order valence-electron chi connectivity index (χ1n) is 11.0. The Kier molecular flexibility index (Phi) is 5.34. The molecule has 1 aromatic heterocycles. The van der Waals surface area contributed by atoms with Crippen molar-refractivity contribution < 1.29 is 4.79 Å². The Morgan fingerprint density at radius 3 is 2.43 bits per heavy atom. The molecule has 2 atom stereocenters. The summed E-state index contributed by atoms with van der Waals surface area (Å²) in [6.07, 6.45) is 8.17. The number of carbonyl (C=O) groups is 1. The van der Waals surface area contributed by atoms with E-state index in [0.29, 0.717) is 11.8 Å². The summed E-state index contributed by atoms with van der Waals surface area (Å²) in [4.78, 5) is 28.8. The molecule has 4 rings (SSSR count). The van der Waals surface area contributed by atoms with Gasteiger partial charge in [-0.15, -0.1) is 0 Å². The summed E-state index contributed by atoms with van der Waals surface area (Å²) >= 11 is 0. The van der Waals surface area contributed by atoms with Crippen LogP contribution in [0.15, 0.2) is 18.5 Å². The molecule has 6 heteroatoms.